The first-order valence-corrected chi connectivity index (χ1v) is 10.3. The van der Waals surface area contributed by atoms with Crippen LogP contribution in [-0.4, -0.2) is 33.3 Å². The number of benzene rings is 2. The van der Waals surface area contributed by atoms with E-state index in [-0.39, 0.29) is 0 Å². The van der Waals surface area contributed by atoms with Crippen LogP contribution in [0.3, 0.4) is 0 Å². The quantitative estimate of drug-likeness (QED) is 0.398. The molecule has 0 saturated carbocycles. The molecular weight excluding hydrogens is 370 g/mol. The molecule has 3 N–H and O–H groups in total. The highest BCUT2D eigenvalue weighted by molar-refractivity contribution is 6.01. The van der Waals surface area contributed by atoms with E-state index in [1.807, 2.05) is 12.3 Å². The second-order valence-corrected chi connectivity index (χ2v) is 7.71. The minimum absolute atomic E-state index is 0.935. The van der Waals surface area contributed by atoms with Crippen LogP contribution in [0.5, 0.6) is 0 Å². The van der Waals surface area contributed by atoms with Crippen LogP contribution in [0, 0.1) is 0 Å². The molecule has 0 unspecified atom stereocenters. The van der Waals surface area contributed by atoms with Crippen LogP contribution in [0.15, 0.2) is 73.1 Å². The molecular formula is C25H21N5. The fourth-order valence-electron chi connectivity index (χ4n) is 4.36. The Labute approximate surface area is 173 Å². The predicted molar refractivity (Wildman–Crippen MR) is 122 cm³/mol. The molecule has 146 valence electrons. The standard InChI is InChI=1S/C25H21N5/c1-4-19(18-3-2-10-27-15-18)20-14-24(28-22(20)5-1)25-21-13-17(6-7-23(21)29-30-25)16-8-11-26-12-9-16/h1-8,10,13-15,26,28H,9,11-12H2,(H,29,30). The number of rotatable bonds is 3. The summed E-state index contributed by atoms with van der Waals surface area (Å²) in [5.74, 6) is 0. The Bertz CT molecular complexity index is 1390. The van der Waals surface area contributed by atoms with E-state index >= 15 is 0 Å². The molecule has 0 radical (unpaired) electrons. The van der Waals surface area contributed by atoms with Gasteiger partial charge < -0.3 is 10.3 Å². The van der Waals surface area contributed by atoms with Crippen molar-refractivity contribution in [3.63, 3.8) is 0 Å². The lowest BCUT2D eigenvalue weighted by Gasteiger charge is -2.14. The zero-order chi connectivity index (χ0) is 19.9. The summed E-state index contributed by atoms with van der Waals surface area (Å²) >= 11 is 0. The van der Waals surface area contributed by atoms with E-state index in [1.54, 1.807) is 6.20 Å². The Morgan fingerprint density at radius 3 is 2.73 bits per heavy atom. The zero-order valence-electron chi connectivity index (χ0n) is 16.4. The summed E-state index contributed by atoms with van der Waals surface area (Å²) in [5.41, 5.74) is 9.08. The number of fused-ring (bicyclic) bond motifs is 2. The zero-order valence-corrected chi connectivity index (χ0v) is 16.4. The Balaban J connectivity index is 1.50. The number of aromatic nitrogens is 4. The van der Waals surface area contributed by atoms with Crippen molar-refractivity contribution in [2.24, 2.45) is 0 Å². The number of hydrogen-bond acceptors (Lipinski definition) is 3. The topological polar surface area (TPSA) is 69.4 Å². The first-order valence-electron chi connectivity index (χ1n) is 10.3. The Hall–Kier alpha value is -3.70. The smallest absolute Gasteiger partial charge is 0.116 e. The van der Waals surface area contributed by atoms with Gasteiger partial charge in [0.25, 0.3) is 0 Å². The molecule has 4 heterocycles. The monoisotopic (exact) mass is 391 g/mol. The Morgan fingerprint density at radius 2 is 1.87 bits per heavy atom. The summed E-state index contributed by atoms with van der Waals surface area (Å²) in [5, 5.41) is 13.5. The van der Waals surface area contributed by atoms with E-state index in [9.17, 15) is 0 Å². The van der Waals surface area contributed by atoms with E-state index in [0.717, 1.165) is 52.9 Å². The maximum absolute atomic E-state index is 4.65. The van der Waals surface area contributed by atoms with E-state index < -0.39 is 0 Å². The summed E-state index contributed by atoms with van der Waals surface area (Å²) < 4.78 is 0. The van der Waals surface area contributed by atoms with Crippen LogP contribution >= 0.6 is 0 Å². The lowest BCUT2D eigenvalue weighted by Crippen LogP contribution is -2.19. The minimum atomic E-state index is 0.935. The second-order valence-electron chi connectivity index (χ2n) is 7.71. The van der Waals surface area contributed by atoms with Crippen LogP contribution in [-0.2, 0) is 0 Å². The van der Waals surface area contributed by atoms with Gasteiger partial charge in [-0.05, 0) is 60.0 Å². The van der Waals surface area contributed by atoms with Gasteiger partial charge in [-0.2, -0.15) is 5.10 Å². The molecule has 0 atom stereocenters. The maximum Gasteiger partial charge on any atom is 0.116 e. The molecule has 0 bridgehead atoms. The van der Waals surface area contributed by atoms with Gasteiger partial charge in [0.05, 0.1) is 11.2 Å². The number of nitrogens with zero attached hydrogens (tertiary/aromatic N) is 2. The van der Waals surface area contributed by atoms with Gasteiger partial charge in [-0.15, -0.1) is 0 Å². The van der Waals surface area contributed by atoms with Gasteiger partial charge in [0.15, 0.2) is 0 Å². The summed E-state index contributed by atoms with van der Waals surface area (Å²) in [7, 11) is 0. The normalized spacial score (nSPS) is 14.3. The van der Waals surface area contributed by atoms with Gasteiger partial charge in [-0.1, -0.05) is 30.3 Å². The number of pyridine rings is 1. The predicted octanol–water partition coefficient (Wildman–Crippen LogP) is 5.15. The van der Waals surface area contributed by atoms with Crippen molar-refractivity contribution < 1.29 is 0 Å². The van der Waals surface area contributed by atoms with Crippen LogP contribution in [0.2, 0.25) is 0 Å². The van der Waals surface area contributed by atoms with Gasteiger partial charge in [0.1, 0.15) is 5.69 Å². The highest BCUT2D eigenvalue weighted by Crippen LogP contribution is 2.34. The van der Waals surface area contributed by atoms with Crippen molar-refractivity contribution in [1.29, 1.82) is 0 Å². The fraction of sp³-hybridized carbons (Fsp3) is 0.120. The molecule has 30 heavy (non-hydrogen) atoms. The van der Waals surface area contributed by atoms with Crippen LogP contribution < -0.4 is 5.32 Å². The number of hydrogen-bond donors (Lipinski definition) is 3. The second kappa shape index (κ2) is 6.97. The van der Waals surface area contributed by atoms with Gasteiger partial charge in [0, 0.05) is 40.8 Å². The van der Waals surface area contributed by atoms with E-state index in [0.29, 0.717) is 0 Å². The van der Waals surface area contributed by atoms with Crippen molar-refractivity contribution in [3.05, 3.63) is 78.6 Å². The lowest BCUT2D eigenvalue weighted by molar-refractivity contribution is 0.739. The molecule has 0 amide bonds. The van der Waals surface area contributed by atoms with Crippen molar-refractivity contribution in [1.82, 2.24) is 25.5 Å². The highest BCUT2D eigenvalue weighted by Gasteiger charge is 2.15. The van der Waals surface area contributed by atoms with E-state index in [4.69, 9.17) is 0 Å². The minimum Gasteiger partial charge on any atom is -0.353 e. The highest BCUT2D eigenvalue weighted by atomic mass is 15.1. The molecule has 2 aromatic carbocycles. The molecule has 0 aliphatic carbocycles. The molecule has 5 heteroatoms. The third-order valence-electron chi connectivity index (χ3n) is 5.89. The van der Waals surface area contributed by atoms with Crippen molar-refractivity contribution in [3.8, 4) is 22.5 Å². The van der Waals surface area contributed by atoms with Crippen molar-refractivity contribution >= 4 is 27.4 Å². The summed E-state index contributed by atoms with van der Waals surface area (Å²) in [6.07, 6.45) is 7.05. The molecule has 1 aliphatic rings. The average Bonchev–Trinajstić information content (AvgIpc) is 3.43. The van der Waals surface area contributed by atoms with Crippen LogP contribution in [0.4, 0.5) is 0 Å². The van der Waals surface area contributed by atoms with Gasteiger partial charge in [-0.3, -0.25) is 10.1 Å². The number of H-pyrrole nitrogens is 2. The Morgan fingerprint density at radius 1 is 0.867 bits per heavy atom. The molecule has 6 rings (SSSR count). The Kier molecular flexibility index (Phi) is 3.99. The molecule has 3 aromatic heterocycles. The van der Waals surface area contributed by atoms with Crippen molar-refractivity contribution in [2.75, 3.05) is 13.1 Å². The third kappa shape index (κ3) is 2.83. The van der Waals surface area contributed by atoms with E-state index in [2.05, 4.69) is 80.1 Å². The van der Waals surface area contributed by atoms with Crippen LogP contribution in [0.25, 0.3) is 49.9 Å². The SMILES string of the molecule is C1=C(c2ccc3[nH]nc(-c4cc5c(-c6cccnc6)cccc5[nH]4)c3c2)CCNC1. The van der Waals surface area contributed by atoms with E-state index in [1.165, 1.54) is 22.1 Å². The average molecular weight is 391 g/mol. The molecule has 1 aliphatic heterocycles. The third-order valence-corrected chi connectivity index (χ3v) is 5.89. The molecule has 0 saturated heterocycles. The first kappa shape index (κ1) is 17.2. The number of aromatic amines is 2. The lowest BCUT2D eigenvalue weighted by atomic mass is 9.98. The fourth-order valence-corrected chi connectivity index (χ4v) is 4.36. The van der Waals surface area contributed by atoms with Gasteiger partial charge in [-0.25, -0.2) is 0 Å². The molecule has 5 nitrogen and oxygen atoms in total. The van der Waals surface area contributed by atoms with Gasteiger partial charge in [0.2, 0.25) is 0 Å². The van der Waals surface area contributed by atoms with Crippen molar-refractivity contribution in [2.45, 2.75) is 6.42 Å². The van der Waals surface area contributed by atoms with Gasteiger partial charge >= 0.3 is 0 Å². The number of nitrogens with one attached hydrogen (secondary N) is 3. The molecule has 5 aromatic rings. The first-order chi connectivity index (χ1) is 14.9. The molecule has 0 fully saturated rings. The maximum atomic E-state index is 4.65. The molecule has 0 spiro atoms. The summed E-state index contributed by atoms with van der Waals surface area (Å²) in [6.45, 7) is 1.96. The van der Waals surface area contributed by atoms with Crippen LogP contribution in [0.1, 0.15) is 12.0 Å². The summed E-state index contributed by atoms with van der Waals surface area (Å²) in [6, 6.07) is 19.2. The largest absolute Gasteiger partial charge is 0.353 e. The summed E-state index contributed by atoms with van der Waals surface area (Å²) in [4.78, 5) is 7.85.